The highest BCUT2D eigenvalue weighted by molar-refractivity contribution is 5.46. The van der Waals surface area contributed by atoms with Crippen LogP contribution in [0.15, 0.2) is 48.8 Å². The van der Waals surface area contributed by atoms with E-state index in [4.69, 9.17) is 0 Å². The Morgan fingerprint density at radius 2 is 2.10 bits per heavy atom. The Bertz CT molecular complexity index is 523. The van der Waals surface area contributed by atoms with Gasteiger partial charge in [0.15, 0.2) is 0 Å². The molecule has 1 saturated heterocycles. The third kappa shape index (κ3) is 3.85. The van der Waals surface area contributed by atoms with Crippen molar-refractivity contribution in [2.45, 2.75) is 13.0 Å². The van der Waals surface area contributed by atoms with E-state index in [1.807, 2.05) is 23.1 Å². The molecule has 21 heavy (non-hydrogen) atoms. The molecule has 1 aromatic heterocycles. The highest BCUT2D eigenvalue weighted by Crippen LogP contribution is 2.23. The molecule has 0 saturated carbocycles. The quantitative estimate of drug-likeness (QED) is 0.814. The van der Waals surface area contributed by atoms with Crippen LogP contribution in [0.1, 0.15) is 6.42 Å². The van der Waals surface area contributed by atoms with E-state index in [1.165, 1.54) is 31.7 Å². The van der Waals surface area contributed by atoms with Gasteiger partial charge in [0.2, 0.25) is 0 Å². The van der Waals surface area contributed by atoms with Crippen LogP contribution in [0.3, 0.4) is 0 Å². The van der Waals surface area contributed by atoms with Crippen LogP contribution in [0.2, 0.25) is 0 Å². The van der Waals surface area contributed by atoms with Crippen molar-refractivity contribution >= 4 is 5.69 Å². The summed E-state index contributed by atoms with van der Waals surface area (Å²) in [5.41, 5.74) is 1.36. The van der Waals surface area contributed by atoms with Gasteiger partial charge < -0.3 is 9.80 Å². The number of anilines is 1. The number of hydrogen-bond donors (Lipinski definition) is 0. The smallest absolute Gasteiger partial charge is 0.0536 e. The largest absolute Gasteiger partial charge is 0.371 e. The molecule has 0 bridgehead atoms. The van der Waals surface area contributed by atoms with E-state index < -0.39 is 0 Å². The van der Waals surface area contributed by atoms with E-state index in [-0.39, 0.29) is 0 Å². The summed E-state index contributed by atoms with van der Waals surface area (Å²) >= 11 is 0. The molecule has 1 fully saturated rings. The molecule has 4 heteroatoms. The van der Waals surface area contributed by atoms with Gasteiger partial charge in [-0.05, 0) is 37.6 Å². The molecule has 2 heterocycles. The van der Waals surface area contributed by atoms with Crippen LogP contribution in [0, 0.1) is 5.92 Å². The third-order valence-corrected chi connectivity index (χ3v) is 4.25. The van der Waals surface area contributed by atoms with Gasteiger partial charge in [0, 0.05) is 44.3 Å². The second kappa shape index (κ2) is 6.76. The Balaban J connectivity index is 1.44. The fraction of sp³-hybridized carbons (Fsp3) is 0.471. The first-order valence-electron chi connectivity index (χ1n) is 7.77. The monoisotopic (exact) mass is 284 g/mol. The molecule has 0 radical (unpaired) electrons. The first-order chi connectivity index (χ1) is 10.3. The number of aromatic nitrogens is 2. The van der Waals surface area contributed by atoms with Gasteiger partial charge in [0.05, 0.1) is 6.54 Å². The lowest BCUT2D eigenvalue weighted by atomic mass is 10.1. The fourth-order valence-corrected chi connectivity index (χ4v) is 3.09. The predicted molar refractivity (Wildman–Crippen MR) is 86.5 cm³/mol. The minimum absolute atomic E-state index is 0.771. The predicted octanol–water partition coefficient (Wildman–Crippen LogP) is 2.34. The van der Waals surface area contributed by atoms with E-state index in [2.05, 4.69) is 52.3 Å². The molecule has 4 nitrogen and oxygen atoms in total. The van der Waals surface area contributed by atoms with Gasteiger partial charge in [0.1, 0.15) is 0 Å². The van der Waals surface area contributed by atoms with Crippen molar-refractivity contribution in [2.75, 3.05) is 38.1 Å². The molecule has 1 aliphatic rings. The summed E-state index contributed by atoms with van der Waals surface area (Å²) in [6, 6.07) is 12.7. The zero-order chi connectivity index (χ0) is 14.5. The van der Waals surface area contributed by atoms with Crippen LogP contribution in [0.5, 0.6) is 0 Å². The number of benzene rings is 1. The van der Waals surface area contributed by atoms with Crippen molar-refractivity contribution in [1.29, 1.82) is 0 Å². The average molecular weight is 284 g/mol. The van der Waals surface area contributed by atoms with Crippen molar-refractivity contribution in [3.8, 4) is 0 Å². The number of rotatable bonds is 6. The summed E-state index contributed by atoms with van der Waals surface area (Å²) in [5, 5.41) is 4.25. The van der Waals surface area contributed by atoms with Gasteiger partial charge in [-0.2, -0.15) is 5.10 Å². The summed E-state index contributed by atoms with van der Waals surface area (Å²) in [5.74, 6) is 0.771. The number of likely N-dealkylation sites (N-methyl/N-ethyl adjacent to an activating group) is 1. The standard InChI is InChI=1S/C17H24N4/c1-19(12-13-21-10-5-9-18-21)14-16-8-11-20(15-16)17-6-3-2-4-7-17/h2-7,9-10,16H,8,11-15H2,1H3/t16-/m1/s1. The molecule has 0 N–H and O–H groups in total. The summed E-state index contributed by atoms with van der Waals surface area (Å²) in [6.07, 6.45) is 5.16. The zero-order valence-electron chi connectivity index (χ0n) is 12.7. The lowest BCUT2D eigenvalue weighted by Crippen LogP contribution is -2.30. The molecule has 0 aliphatic carbocycles. The van der Waals surface area contributed by atoms with E-state index in [9.17, 15) is 0 Å². The van der Waals surface area contributed by atoms with Crippen molar-refractivity contribution in [2.24, 2.45) is 5.92 Å². The Labute approximate surface area is 127 Å². The van der Waals surface area contributed by atoms with Gasteiger partial charge in [-0.25, -0.2) is 0 Å². The van der Waals surface area contributed by atoms with Crippen molar-refractivity contribution in [3.05, 3.63) is 48.8 Å². The van der Waals surface area contributed by atoms with Crippen LogP contribution >= 0.6 is 0 Å². The SMILES string of the molecule is CN(CCn1cccn1)C[C@H]1CCN(c2ccccc2)C1. The Morgan fingerprint density at radius 3 is 2.86 bits per heavy atom. The lowest BCUT2D eigenvalue weighted by molar-refractivity contribution is 0.272. The lowest BCUT2D eigenvalue weighted by Gasteiger charge is -2.22. The van der Waals surface area contributed by atoms with Crippen LogP contribution in [-0.2, 0) is 6.54 Å². The summed E-state index contributed by atoms with van der Waals surface area (Å²) in [6.45, 7) is 5.56. The highest BCUT2D eigenvalue weighted by Gasteiger charge is 2.23. The third-order valence-electron chi connectivity index (χ3n) is 4.25. The van der Waals surface area contributed by atoms with Gasteiger partial charge in [-0.1, -0.05) is 18.2 Å². The maximum absolute atomic E-state index is 4.25. The minimum atomic E-state index is 0.771. The first-order valence-corrected chi connectivity index (χ1v) is 7.77. The summed E-state index contributed by atoms with van der Waals surface area (Å²) in [7, 11) is 2.22. The van der Waals surface area contributed by atoms with Gasteiger partial charge >= 0.3 is 0 Å². The Kier molecular flexibility index (Phi) is 4.55. The molecule has 2 aromatic rings. The highest BCUT2D eigenvalue weighted by atomic mass is 15.3. The van der Waals surface area contributed by atoms with Gasteiger partial charge in [-0.15, -0.1) is 0 Å². The van der Waals surface area contributed by atoms with Gasteiger partial charge in [0.25, 0.3) is 0 Å². The molecule has 0 spiro atoms. The molecule has 0 amide bonds. The summed E-state index contributed by atoms with van der Waals surface area (Å²) in [4.78, 5) is 4.94. The van der Waals surface area contributed by atoms with E-state index in [0.717, 1.165) is 19.0 Å². The Hall–Kier alpha value is -1.81. The first kappa shape index (κ1) is 14.1. The van der Waals surface area contributed by atoms with E-state index in [1.54, 1.807) is 0 Å². The molecule has 112 valence electrons. The number of hydrogen-bond acceptors (Lipinski definition) is 3. The zero-order valence-corrected chi connectivity index (χ0v) is 12.7. The fourth-order valence-electron chi connectivity index (χ4n) is 3.09. The van der Waals surface area contributed by atoms with Crippen LogP contribution in [0.4, 0.5) is 5.69 Å². The van der Waals surface area contributed by atoms with Crippen LogP contribution < -0.4 is 4.90 Å². The average Bonchev–Trinajstić information content (AvgIpc) is 3.17. The second-order valence-electron chi connectivity index (χ2n) is 5.97. The molecular weight excluding hydrogens is 260 g/mol. The summed E-state index contributed by atoms with van der Waals surface area (Å²) < 4.78 is 2.00. The second-order valence-corrected chi connectivity index (χ2v) is 5.97. The topological polar surface area (TPSA) is 24.3 Å². The molecular formula is C17H24N4. The maximum Gasteiger partial charge on any atom is 0.0536 e. The number of para-hydroxylation sites is 1. The van der Waals surface area contributed by atoms with Crippen molar-refractivity contribution in [3.63, 3.8) is 0 Å². The van der Waals surface area contributed by atoms with Crippen LogP contribution in [0.25, 0.3) is 0 Å². The molecule has 1 aliphatic heterocycles. The molecule has 1 atom stereocenters. The van der Waals surface area contributed by atoms with E-state index >= 15 is 0 Å². The minimum Gasteiger partial charge on any atom is -0.371 e. The van der Waals surface area contributed by atoms with Gasteiger partial charge in [-0.3, -0.25) is 4.68 Å². The van der Waals surface area contributed by atoms with Crippen molar-refractivity contribution < 1.29 is 0 Å². The Morgan fingerprint density at radius 1 is 1.24 bits per heavy atom. The maximum atomic E-state index is 4.25. The number of nitrogens with zero attached hydrogens (tertiary/aromatic N) is 4. The molecule has 3 rings (SSSR count). The van der Waals surface area contributed by atoms with Crippen LogP contribution in [-0.4, -0.2) is 47.9 Å². The molecule has 1 aromatic carbocycles. The van der Waals surface area contributed by atoms with E-state index in [0.29, 0.717) is 0 Å². The van der Waals surface area contributed by atoms with Crippen molar-refractivity contribution in [1.82, 2.24) is 14.7 Å². The normalized spacial score (nSPS) is 18.6. The molecule has 0 unspecified atom stereocenters.